The van der Waals surface area contributed by atoms with Crippen molar-refractivity contribution >= 4 is 59.2 Å². The summed E-state index contributed by atoms with van der Waals surface area (Å²) in [6.45, 7) is 0.758. The summed E-state index contributed by atoms with van der Waals surface area (Å²) in [4.78, 5) is 18.7. The van der Waals surface area contributed by atoms with Crippen molar-refractivity contribution in [3.05, 3.63) is 40.8 Å². The lowest BCUT2D eigenvalue weighted by molar-refractivity contribution is 0.345. The van der Waals surface area contributed by atoms with E-state index in [1.54, 1.807) is 0 Å². The Bertz CT molecular complexity index is 940. The molecule has 0 radical (unpaired) electrons. The number of nitrogens with zero attached hydrogens (tertiary/aromatic N) is 4. The first-order chi connectivity index (χ1) is 12.5. The van der Waals surface area contributed by atoms with E-state index in [1.807, 2.05) is 31.3 Å². The van der Waals surface area contributed by atoms with Gasteiger partial charge in [0.2, 0.25) is 5.95 Å². The molecule has 0 aliphatic heterocycles. The normalized spacial score (nSPS) is 18.1. The lowest BCUT2D eigenvalue weighted by Gasteiger charge is -2.32. The Morgan fingerprint density at radius 1 is 1.18 bits per heavy atom. The molecule has 0 spiro atoms. The van der Waals surface area contributed by atoms with Crippen molar-refractivity contribution in [1.82, 2.24) is 19.9 Å². The lowest BCUT2D eigenvalue weighted by Crippen LogP contribution is -2.35. The van der Waals surface area contributed by atoms with Crippen LogP contribution in [0.5, 0.6) is 0 Å². The summed E-state index contributed by atoms with van der Waals surface area (Å²) < 4.78 is 0. The number of halogens is 3. The number of imidazole rings is 1. The third-order valence-electron chi connectivity index (χ3n) is 4.91. The molecule has 1 aliphatic rings. The molecule has 3 aromatic rings. The van der Waals surface area contributed by atoms with Gasteiger partial charge in [-0.15, -0.1) is 24.8 Å². The Labute approximate surface area is 181 Å². The van der Waals surface area contributed by atoms with Gasteiger partial charge in [-0.3, -0.25) is 0 Å². The number of aromatic amines is 1. The number of nitrogens with two attached hydrogens (primary N) is 2. The van der Waals surface area contributed by atoms with Gasteiger partial charge in [-0.05, 0) is 31.0 Å². The zero-order valence-electron chi connectivity index (χ0n) is 15.4. The van der Waals surface area contributed by atoms with Gasteiger partial charge in [-0.2, -0.15) is 4.98 Å². The van der Waals surface area contributed by atoms with Gasteiger partial charge < -0.3 is 21.4 Å². The second kappa shape index (κ2) is 9.13. The molecule has 1 aliphatic carbocycles. The molecule has 4 rings (SSSR count). The Morgan fingerprint density at radius 2 is 1.93 bits per heavy atom. The predicted octanol–water partition coefficient (Wildman–Crippen LogP) is 3.32. The number of benzene rings is 1. The highest BCUT2D eigenvalue weighted by Gasteiger charge is 2.29. The summed E-state index contributed by atoms with van der Waals surface area (Å²) in [5.41, 5.74) is 14.7. The van der Waals surface area contributed by atoms with Gasteiger partial charge in [0.05, 0.1) is 16.7 Å². The summed E-state index contributed by atoms with van der Waals surface area (Å²) in [6.07, 6.45) is 2.68. The second-order valence-electron chi connectivity index (χ2n) is 6.95. The minimum atomic E-state index is 0. The summed E-state index contributed by atoms with van der Waals surface area (Å²) >= 11 is 6.03. The molecule has 0 bridgehead atoms. The molecule has 1 aromatic carbocycles. The fourth-order valence-electron chi connectivity index (χ4n) is 3.32. The number of hydrogen-bond acceptors (Lipinski definition) is 6. The number of H-pyrrole nitrogens is 1. The van der Waals surface area contributed by atoms with E-state index in [1.165, 1.54) is 0 Å². The van der Waals surface area contributed by atoms with Gasteiger partial charge in [0.1, 0.15) is 11.6 Å². The first-order valence-corrected chi connectivity index (χ1v) is 9.11. The minimum absolute atomic E-state index is 0. The third-order valence-corrected chi connectivity index (χ3v) is 5.15. The number of nitrogen functional groups attached to an aromatic ring is 1. The molecular formula is C18H24Cl3N7. The van der Waals surface area contributed by atoms with Gasteiger partial charge in [-0.25, -0.2) is 9.97 Å². The van der Waals surface area contributed by atoms with E-state index in [-0.39, 0.29) is 30.9 Å². The molecule has 1 saturated carbocycles. The number of anilines is 2. The van der Waals surface area contributed by atoms with Crippen molar-refractivity contribution in [3.63, 3.8) is 0 Å². The predicted molar refractivity (Wildman–Crippen MR) is 119 cm³/mol. The Balaban J connectivity index is 0.00000140. The first-order valence-electron chi connectivity index (χ1n) is 8.73. The summed E-state index contributed by atoms with van der Waals surface area (Å²) in [5.74, 6) is 2.44. The van der Waals surface area contributed by atoms with Crippen LogP contribution in [0.1, 0.15) is 30.3 Å². The van der Waals surface area contributed by atoms with Gasteiger partial charge in [0.25, 0.3) is 0 Å². The maximum atomic E-state index is 6.03. The van der Waals surface area contributed by atoms with Crippen LogP contribution < -0.4 is 16.4 Å². The highest BCUT2D eigenvalue weighted by atomic mass is 35.5. The number of fused-ring (bicyclic) bond motifs is 1. The van der Waals surface area contributed by atoms with Crippen LogP contribution in [-0.2, 0) is 6.42 Å². The van der Waals surface area contributed by atoms with Crippen LogP contribution in [-0.4, -0.2) is 39.6 Å². The molecule has 5 N–H and O–H groups in total. The largest absolute Gasteiger partial charge is 0.368 e. The first kappa shape index (κ1) is 22.5. The van der Waals surface area contributed by atoms with E-state index in [2.05, 4.69) is 24.8 Å². The van der Waals surface area contributed by atoms with E-state index >= 15 is 0 Å². The Morgan fingerprint density at radius 3 is 2.64 bits per heavy atom. The molecule has 0 saturated heterocycles. The van der Waals surface area contributed by atoms with E-state index < -0.39 is 0 Å². The van der Waals surface area contributed by atoms with E-state index in [0.717, 1.165) is 54.2 Å². The van der Waals surface area contributed by atoms with Crippen molar-refractivity contribution in [3.8, 4) is 0 Å². The molecule has 2 heterocycles. The fraction of sp³-hybridized carbons (Fsp3) is 0.389. The zero-order chi connectivity index (χ0) is 18.3. The van der Waals surface area contributed by atoms with Gasteiger partial charge in [-0.1, -0.05) is 11.6 Å². The maximum absolute atomic E-state index is 6.03. The van der Waals surface area contributed by atoms with Crippen molar-refractivity contribution < 1.29 is 0 Å². The molecule has 10 heteroatoms. The van der Waals surface area contributed by atoms with Crippen molar-refractivity contribution in [1.29, 1.82) is 0 Å². The number of hydrogen-bond donors (Lipinski definition) is 3. The fourth-order valence-corrected chi connectivity index (χ4v) is 3.49. The van der Waals surface area contributed by atoms with Crippen LogP contribution in [0.15, 0.2) is 24.3 Å². The van der Waals surface area contributed by atoms with Crippen LogP contribution >= 0.6 is 36.4 Å². The monoisotopic (exact) mass is 443 g/mol. The van der Waals surface area contributed by atoms with Gasteiger partial charge in [0.15, 0.2) is 0 Å². The van der Waals surface area contributed by atoms with Crippen LogP contribution in [0.2, 0.25) is 5.02 Å². The molecule has 152 valence electrons. The maximum Gasteiger partial charge on any atom is 0.222 e. The Hall–Kier alpha value is -1.80. The molecule has 2 aromatic heterocycles. The highest BCUT2D eigenvalue weighted by molar-refractivity contribution is 6.31. The van der Waals surface area contributed by atoms with Crippen LogP contribution in [0, 0.1) is 0 Å². The van der Waals surface area contributed by atoms with Crippen LogP contribution in [0.4, 0.5) is 11.8 Å². The lowest BCUT2D eigenvalue weighted by atomic mass is 9.78. The number of rotatable bonds is 5. The molecular weight excluding hydrogens is 421 g/mol. The Kier molecular flexibility index (Phi) is 7.33. The van der Waals surface area contributed by atoms with E-state index in [9.17, 15) is 0 Å². The molecule has 28 heavy (non-hydrogen) atoms. The number of aromatic nitrogens is 4. The van der Waals surface area contributed by atoms with Crippen molar-refractivity contribution in [2.45, 2.75) is 31.2 Å². The smallest absolute Gasteiger partial charge is 0.222 e. The summed E-state index contributed by atoms with van der Waals surface area (Å²) in [6, 6.07) is 7.95. The summed E-state index contributed by atoms with van der Waals surface area (Å²) in [7, 11) is 2.00. The average Bonchev–Trinajstić information content (AvgIpc) is 2.98. The topological polar surface area (TPSA) is 110 Å². The zero-order valence-corrected chi connectivity index (χ0v) is 17.8. The quantitative estimate of drug-likeness (QED) is 0.557. The minimum Gasteiger partial charge on any atom is -0.368 e. The molecule has 1 fully saturated rings. The SMILES string of the molecule is CN(CCc1nc2ccc(Cl)cc2[nH]1)c1cc(C2CC(N)C2)nc(N)n1.Cl.Cl. The molecule has 0 unspecified atom stereocenters. The number of likely N-dealkylation sites (N-methyl/N-ethyl adjacent to an activating group) is 1. The highest BCUT2D eigenvalue weighted by Crippen LogP contribution is 2.35. The average molecular weight is 445 g/mol. The van der Waals surface area contributed by atoms with Gasteiger partial charge >= 0.3 is 0 Å². The van der Waals surface area contributed by atoms with Crippen molar-refractivity contribution in [2.24, 2.45) is 5.73 Å². The molecule has 7 nitrogen and oxygen atoms in total. The summed E-state index contributed by atoms with van der Waals surface area (Å²) in [5, 5.41) is 0.699. The molecule has 0 amide bonds. The van der Waals surface area contributed by atoms with Gasteiger partial charge in [0, 0.05) is 43.1 Å². The standard InChI is InChI=1S/C18H22ClN7.2ClH/c1-26(5-4-16-22-13-3-2-11(19)8-15(13)23-16)17-9-14(24-18(21)25-17)10-6-12(20)7-10;;/h2-3,8-10,12H,4-7,20H2,1H3,(H,22,23)(H2,21,24,25);2*1H. The van der Waals surface area contributed by atoms with E-state index in [0.29, 0.717) is 16.9 Å². The van der Waals surface area contributed by atoms with E-state index in [4.69, 9.17) is 23.1 Å². The molecule has 0 atom stereocenters. The van der Waals surface area contributed by atoms with Crippen molar-refractivity contribution in [2.75, 3.05) is 24.2 Å². The van der Waals surface area contributed by atoms with Crippen LogP contribution in [0.3, 0.4) is 0 Å². The number of nitrogens with one attached hydrogen (secondary N) is 1. The third kappa shape index (κ3) is 4.78. The van der Waals surface area contributed by atoms with Crippen LogP contribution in [0.25, 0.3) is 11.0 Å². The second-order valence-corrected chi connectivity index (χ2v) is 7.39.